The largest absolute Gasteiger partial charge is 0.455 e. The van der Waals surface area contributed by atoms with Crippen LogP contribution in [0.15, 0.2) is 46.9 Å². The monoisotopic (exact) mass is 325 g/mol. The predicted molar refractivity (Wildman–Crippen MR) is 78.4 cm³/mol. The van der Waals surface area contributed by atoms with Gasteiger partial charge in [-0.15, -0.1) is 0 Å². The van der Waals surface area contributed by atoms with Crippen molar-refractivity contribution >= 4 is 27.5 Å². The summed E-state index contributed by atoms with van der Waals surface area (Å²) in [5, 5.41) is 0.584. The number of hydrogen-bond acceptors (Lipinski definition) is 2. The van der Waals surface area contributed by atoms with Crippen LogP contribution in [0.1, 0.15) is 5.56 Å². The smallest absolute Gasteiger partial charge is 0.147 e. The van der Waals surface area contributed by atoms with Crippen LogP contribution in [-0.4, -0.2) is 6.54 Å². The maximum atomic E-state index is 6.10. The first-order valence-electron chi connectivity index (χ1n) is 5.61. The second-order valence-electron chi connectivity index (χ2n) is 3.82. The van der Waals surface area contributed by atoms with Crippen LogP contribution in [-0.2, 0) is 6.42 Å². The highest BCUT2D eigenvalue weighted by molar-refractivity contribution is 9.10. The molecule has 0 fully saturated rings. The van der Waals surface area contributed by atoms with E-state index in [1.807, 2.05) is 36.4 Å². The molecule has 94 valence electrons. The molecule has 0 aliphatic rings. The highest BCUT2D eigenvalue weighted by Crippen LogP contribution is 2.33. The van der Waals surface area contributed by atoms with E-state index in [-0.39, 0.29) is 0 Å². The predicted octanol–water partition coefficient (Wildman–Crippen LogP) is 4.40. The van der Waals surface area contributed by atoms with E-state index in [0.717, 1.165) is 22.2 Å². The molecule has 0 heterocycles. The average molecular weight is 327 g/mol. The molecule has 0 aliphatic carbocycles. The Morgan fingerprint density at radius 1 is 1.11 bits per heavy atom. The van der Waals surface area contributed by atoms with Crippen LogP contribution < -0.4 is 10.5 Å². The summed E-state index contributed by atoms with van der Waals surface area (Å²) in [4.78, 5) is 0. The third-order valence-electron chi connectivity index (χ3n) is 2.50. The van der Waals surface area contributed by atoms with Gasteiger partial charge in [0.15, 0.2) is 0 Å². The number of para-hydroxylation sites is 1. The third kappa shape index (κ3) is 3.25. The van der Waals surface area contributed by atoms with Gasteiger partial charge in [-0.25, -0.2) is 0 Å². The first-order chi connectivity index (χ1) is 8.70. The van der Waals surface area contributed by atoms with Crippen molar-refractivity contribution < 1.29 is 4.74 Å². The Balaban J connectivity index is 2.30. The van der Waals surface area contributed by atoms with Crippen LogP contribution >= 0.6 is 27.5 Å². The number of benzene rings is 2. The molecular formula is C14H13BrClNO. The molecule has 2 N–H and O–H groups in total. The van der Waals surface area contributed by atoms with Crippen molar-refractivity contribution in [2.45, 2.75) is 6.42 Å². The molecule has 0 aliphatic heterocycles. The summed E-state index contributed by atoms with van der Waals surface area (Å²) in [6.45, 7) is 0.590. The van der Waals surface area contributed by atoms with Crippen molar-refractivity contribution in [2.24, 2.45) is 5.73 Å². The first-order valence-corrected chi connectivity index (χ1v) is 6.78. The minimum absolute atomic E-state index is 0.584. The van der Waals surface area contributed by atoms with Gasteiger partial charge in [-0.2, -0.15) is 0 Å². The molecule has 2 aromatic rings. The Labute approximate surface area is 120 Å². The summed E-state index contributed by atoms with van der Waals surface area (Å²) in [5.41, 5.74) is 6.67. The highest BCUT2D eigenvalue weighted by atomic mass is 79.9. The number of ether oxygens (including phenoxy) is 1. The van der Waals surface area contributed by atoms with Crippen LogP contribution in [0, 0.1) is 0 Å². The quantitative estimate of drug-likeness (QED) is 0.904. The van der Waals surface area contributed by atoms with E-state index in [1.54, 1.807) is 6.07 Å². The standard InChI is InChI=1S/C14H13BrClNO/c15-11-5-6-12(16)14(9-11)18-13-4-2-1-3-10(13)7-8-17/h1-6,9H,7-8,17H2. The van der Waals surface area contributed by atoms with Gasteiger partial charge in [0.25, 0.3) is 0 Å². The Hall–Kier alpha value is -1.03. The van der Waals surface area contributed by atoms with E-state index in [1.165, 1.54) is 0 Å². The molecule has 18 heavy (non-hydrogen) atoms. The minimum Gasteiger partial charge on any atom is -0.455 e. The van der Waals surface area contributed by atoms with Crippen LogP contribution in [0.2, 0.25) is 5.02 Å². The molecule has 2 aromatic carbocycles. The first kappa shape index (κ1) is 13.4. The SMILES string of the molecule is NCCc1ccccc1Oc1cc(Br)ccc1Cl. The zero-order valence-corrected chi connectivity index (χ0v) is 12.0. The molecule has 0 amide bonds. The molecule has 2 nitrogen and oxygen atoms in total. The third-order valence-corrected chi connectivity index (χ3v) is 3.30. The molecule has 4 heteroatoms. The summed E-state index contributed by atoms with van der Waals surface area (Å²) in [5.74, 6) is 1.43. The van der Waals surface area contributed by atoms with E-state index in [2.05, 4.69) is 15.9 Å². The minimum atomic E-state index is 0.584. The maximum Gasteiger partial charge on any atom is 0.147 e. The highest BCUT2D eigenvalue weighted by Gasteiger charge is 2.07. The summed E-state index contributed by atoms with van der Waals surface area (Å²) < 4.78 is 6.79. The summed E-state index contributed by atoms with van der Waals surface area (Å²) in [6, 6.07) is 13.4. The van der Waals surface area contributed by atoms with Crippen molar-refractivity contribution in [3.05, 3.63) is 57.5 Å². The van der Waals surface area contributed by atoms with Gasteiger partial charge in [0.1, 0.15) is 11.5 Å². The van der Waals surface area contributed by atoms with Crippen LogP contribution in [0.4, 0.5) is 0 Å². The fourth-order valence-corrected chi connectivity index (χ4v) is 2.14. The topological polar surface area (TPSA) is 35.2 Å². The van der Waals surface area contributed by atoms with Crippen LogP contribution in [0.5, 0.6) is 11.5 Å². The van der Waals surface area contributed by atoms with E-state index in [0.29, 0.717) is 17.3 Å². The van der Waals surface area contributed by atoms with Crippen molar-refractivity contribution in [1.82, 2.24) is 0 Å². The normalized spacial score (nSPS) is 10.4. The molecule has 2 rings (SSSR count). The summed E-state index contributed by atoms with van der Waals surface area (Å²) in [7, 11) is 0. The molecule has 0 radical (unpaired) electrons. The molecular weight excluding hydrogens is 314 g/mol. The van der Waals surface area contributed by atoms with Crippen molar-refractivity contribution in [3.63, 3.8) is 0 Å². The molecule has 0 saturated heterocycles. The number of halogens is 2. The Kier molecular flexibility index (Phi) is 4.64. The second kappa shape index (κ2) is 6.23. The van der Waals surface area contributed by atoms with Gasteiger partial charge in [0, 0.05) is 4.47 Å². The van der Waals surface area contributed by atoms with Gasteiger partial charge < -0.3 is 10.5 Å². The van der Waals surface area contributed by atoms with Crippen molar-refractivity contribution in [3.8, 4) is 11.5 Å². The summed E-state index contributed by atoms with van der Waals surface area (Å²) in [6.07, 6.45) is 0.780. The fourth-order valence-electron chi connectivity index (χ4n) is 1.64. The Bertz CT molecular complexity index is 545. The van der Waals surface area contributed by atoms with Gasteiger partial charge >= 0.3 is 0 Å². The zero-order chi connectivity index (χ0) is 13.0. The van der Waals surface area contributed by atoms with Gasteiger partial charge in [0.2, 0.25) is 0 Å². The lowest BCUT2D eigenvalue weighted by molar-refractivity contribution is 0.476. The lowest BCUT2D eigenvalue weighted by atomic mass is 10.1. The van der Waals surface area contributed by atoms with E-state index < -0.39 is 0 Å². The van der Waals surface area contributed by atoms with Crippen molar-refractivity contribution in [1.29, 1.82) is 0 Å². The lowest BCUT2D eigenvalue weighted by Gasteiger charge is -2.11. The van der Waals surface area contributed by atoms with Crippen LogP contribution in [0.25, 0.3) is 0 Å². The lowest BCUT2D eigenvalue weighted by Crippen LogP contribution is -2.03. The molecule has 0 spiro atoms. The van der Waals surface area contributed by atoms with Crippen LogP contribution in [0.3, 0.4) is 0 Å². The fraction of sp³-hybridized carbons (Fsp3) is 0.143. The molecule has 0 unspecified atom stereocenters. The van der Waals surface area contributed by atoms with Gasteiger partial charge in [-0.1, -0.05) is 45.7 Å². The number of nitrogens with two attached hydrogens (primary N) is 1. The van der Waals surface area contributed by atoms with E-state index in [4.69, 9.17) is 22.1 Å². The molecule has 0 aromatic heterocycles. The molecule has 0 saturated carbocycles. The molecule has 0 atom stereocenters. The molecule has 0 bridgehead atoms. The van der Waals surface area contributed by atoms with E-state index >= 15 is 0 Å². The van der Waals surface area contributed by atoms with Crippen molar-refractivity contribution in [2.75, 3.05) is 6.54 Å². The second-order valence-corrected chi connectivity index (χ2v) is 5.15. The zero-order valence-electron chi connectivity index (χ0n) is 9.70. The number of hydrogen-bond donors (Lipinski definition) is 1. The Morgan fingerprint density at radius 2 is 1.89 bits per heavy atom. The Morgan fingerprint density at radius 3 is 2.67 bits per heavy atom. The average Bonchev–Trinajstić information content (AvgIpc) is 2.36. The van der Waals surface area contributed by atoms with E-state index in [9.17, 15) is 0 Å². The summed E-state index contributed by atoms with van der Waals surface area (Å²) >= 11 is 9.51. The van der Waals surface area contributed by atoms with Gasteiger partial charge in [-0.3, -0.25) is 0 Å². The van der Waals surface area contributed by atoms with Gasteiger partial charge in [-0.05, 0) is 42.8 Å². The van der Waals surface area contributed by atoms with Gasteiger partial charge in [0.05, 0.1) is 5.02 Å². The maximum absolute atomic E-state index is 6.10. The number of rotatable bonds is 4.